The summed E-state index contributed by atoms with van der Waals surface area (Å²) in [5.41, 5.74) is 2.82. The fourth-order valence-electron chi connectivity index (χ4n) is 2.06. The first-order valence-electron chi connectivity index (χ1n) is 6.70. The van der Waals surface area contributed by atoms with Crippen LogP contribution in [0.1, 0.15) is 16.1 Å². The maximum Gasteiger partial charge on any atom is 0.433 e. The van der Waals surface area contributed by atoms with Gasteiger partial charge >= 0.3 is 5.88 Å². The number of benzene rings is 2. The van der Waals surface area contributed by atoms with Gasteiger partial charge in [0.25, 0.3) is 5.91 Å². The zero-order valence-electron chi connectivity index (χ0n) is 11.8. The van der Waals surface area contributed by atoms with E-state index < -0.39 is 4.92 Å². The quantitative estimate of drug-likeness (QED) is 0.455. The van der Waals surface area contributed by atoms with Gasteiger partial charge in [-0.15, -0.1) is 0 Å². The highest BCUT2D eigenvalue weighted by atomic mass is 16.6. The first-order chi connectivity index (χ1) is 11.1. The van der Waals surface area contributed by atoms with E-state index in [1.807, 2.05) is 30.3 Å². The van der Waals surface area contributed by atoms with Crippen molar-refractivity contribution in [2.45, 2.75) is 0 Å². The van der Waals surface area contributed by atoms with Crippen molar-refractivity contribution in [3.63, 3.8) is 0 Å². The number of fused-ring (bicyclic) bond motifs is 1. The summed E-state index contributed by atoms with van der Waals surface area (Å²) in [6.07, 6.45) is 1.20. The molecule has 7 nitrogen and oxygen atoms in total. The van der Waals surface area contributed by atoms with E-state index in [-0.39, 0.29) is 17.6 Å². The summed E-state index contributed by atoms with van der Waals surface area (Å²) in [5.74, 6) is -0.587. The van der Waals surface area contributed by atoms with Crippen molar-refractivity contribution in [1.82, 2.24) is 5.43 Å². The van der Waals surface area contributed by atoms with Crippen LogP contribution in [0.15, 0.2) is 64.1 Å². The van der Waals surface area contributed by atoms with E-state index in [1.165, 1.54) is 18.3 Å². The highest BCUT2D eigenvalue weighted by Gasteiger charge is 2.10. The van der Waals surface area contributed by atoms with E-state index in [9.17, 15) is 14.9 Å². The third kappa shape index (κ3) is 3.24. The van der Waals surface area contributed by atoms with Gasteiger partial charge in [0.1, 0.15) is 4.92 Å². The molecule has 7 heteroatoms. The summed E-state index contributed by atoms with van der Waals surface area (Å²) in [4.78, 5) is 21.9. The van der Waals surface area contributed by atoms with Crippen LogP contribution < -0.4 is 5.43 Å². The fraction of sp³-hybridized carbons (Fsp3) is 0. The average Bonchev–Trinajstić information content (AvgIpc) is 3.03. The topological polar surface area (TPSA) is 97.7 Å². The van der Waals surface area contributed by atoms with Crippen LogP contribution in [-0.2, 0) is 0 Å². The lowest BCUT2D eigenvalue weighted by Crippen LogP contribution is -2.17. The molecule has 0 fully saturated rings. The predicted molar refractivity (Wildman–Crippen MR) is 84.4 cm³/mol. The zero-order chi connectivity index (χ0) is 16.2. The first-order valence-corrected chi connectivity index (χ1v) is 6.70. The second-order valence-corrected chi connectivity index (χ2v) is 4.69. The predicted octanol–water partition coefficient (Wildman–Crippen LogP) is 3.10. The molecule has 1 N–H and O–H groups in total. The van der Waals surface area contributed by atoms with Gasteiger partial charge < -0.3 is 4.42 Å². The highest BCUT2D eigenvalue weighted by molar-refractivity contribution is 5.98. The van der Waals surface area contributed by atoms with E-state index in [1.54, 1.807) is 12.1 Å². The molecule has 0 saturated carbocycles. The molecular weight excluding hydrogens is 298 g/mol. The Labute approximate surface area is 130 Å². The Bertz CT molecular complexity index is 914. The van der Waals surface area contributed by atoms with Crippen LogP contribution >= 0.6 is 0 Å². The molecule has 23 heavy (non-hydrogen) atoms. The second kappa shape index (κ2) is 6.10. The molecule has 2 aromatic carbocycles. The van der Waals surface area contributed by atoms with Crippen molar-refractivity contribution in [2.75, 3.05) is 0 Å². The van der Waals surface area contributed by atoms with Crippen LogP contribution in [0.5, 0.6) is 0 Å². The van der Waals surface area contributed by atoms with E-state index in [4.69, 9.17) is 4.42 Å². The van der Waals surface area contributed by atoms with E-state index in [2.05, 4.69) is 10.5 Å². The zero-order valence-corrected chi connectivity index (χ0v) is 11.8. The Kier molecular flexibility index (Phi) is 3.84. The van der Waals surface area contributed by atoms with Gasteiger partial charge in [0.2, 0.25) is 0 Å². The van der Waals surface area contributed by atoms with E-state index in [0.717, 1.165) is 10.8 Å². The number of amides is 1. The Balaban J connectivity index is 1.70. The van der Waals surface area contributed by atoms with Gasteiger partial charge in [-0.2, -0.15) is 5.10 Å². The first kappa shape index (κ1) is 14.5. The lowest BCUT2D eigenvalue weighted by Gasteiger charge is -2.02. The summed E-state index contributed by atoms with van der Waals surface area (Å²) in [6.45, 7) is 0. The molecule has 0 bridgehead atoms. The summed E-state index contributed by atoms with van der Waals surface area (Å²) in [6, 6.07) is 15.6. The largest absolute Gasteiger partial charge is 0.433 e. The number of furan rings is 1. The Hall–Kier alpha value is -3.48. The normalized spacial score (nSPS) is 11.0. The van der Waals surface area contributed by atoms with E-state index in [0.29, 0.717) is 5.56 Å². The number of nitro groups is 1. The molecule has 0 aliphatic heterocycles. The molecule has 0 aliphatic rings. The molecule has 3 rings (SSSR count). The van der Waals surface area contributed by atoms with Gasteiger partial charge in [0.15, 0.2) is 5.76 Å². The summed E-state index contributed by atoms with van der Waals surface area (Å²) < 4.78 is 4.89. The maximum atomic E-state index is 12.0. The van der Waals surface area contributed by atoms with Crippen LogP contribution in [0.4, 0.5) is 5.88 Å². The van der Waals surface area contributed by atoms with Gasteiger partial charge in [-0.25, -0.2) is 5.43 Å². The third-order valence-electron chi connectivity index (χ3n) is 3.16. The molecule has 1 aromatic heterocycles. The number of nitrogens with one attached hydrogen (secondary N) is 1. The Morgan fingerprint density at radius 1 is 1.13 bits per heavy atom. The second-order valence-electron chi connectivity index (χ2n) is 4.69. The van der Waals surface area contributed by atoms with Crippen molar-refractivity contribution < 1.29 is 14.1 Å². The molecule has 114 valence electrons. The average molecular weight is 309 g/mol. The minimum absolute atomic E-state index is 0.176. The number of hydrazone groups is 1. The molecular formula is C16H11N3O4. The summed E-state index contributed by atoms with van der Waals surface area (Å²) in [7, 11) is 0. The van der Waals surface area contributed by atoms with Crippen LogP contribution in [0.2, 0.25) is 0 Å². The molecule has 0 saturated heterocycles. The molecule has 1 amide bonds. The number of rotatable bonds is 4. The SMILES string of the molecule is O=C(N/N=C\c1ccc([N+](=O)[O-])o1)c1ccc2ccccc2c1. The fourth-order valence-corrected chi connectivity index (χ4v) is 2.06. The molecule has 0 aliphatic carbocycles. The van der Waals surface area contributed by atoms with Crippen molar-refractivity contribution >= 4 is 28.8 Å². The Morgan fingerprint density at radius 2 is 1.91 bits per heavy atom. The van der Waals surface area contributed by atoms with Crippen molar-refractivity contribution in [2.24, 2.45) is 5.10 Å². The highest BCUT2D eigenvalue weighted by Crippen LogP contribution is 2.16. The maximum absolute atomic E-state index is 12.0. The summed E-state index contributed by atoms with van der Waals surface area (Å²) >= 11 is 0. The van der Waals surface area contributed by atoms with Gasteiger partial charge in [0.05, 0.1) is 12.3 Å². The van der Waals surface area contributed by atoms with Gasteiger partial charge in [-0.3, -0.25) is 14.9 Å². The number of nitrogens with zero attached hydrogens (tertiary/aromatic N) is 2. The third-order valence-corrected chi connectivity index (χ3v) is 3.16. The molecule has 1 heterocycles. The van der Waals surface area contributed by atoms with Crippen molar-refractivity contribution in [1.29, 1.82) is 0 Å². The van der Waals surface area contributed by atoms with Crippen LogP contribution in [-0.4, -0.2) is 17.0 Å². The van der Waals surface area contributed by atoms with Gasteiger partial charge in [-0.05, 0) is 29.0 Å². The lowest BCUT2D eigenvalue weighted by molar-refractivity contribution is -0.402. The molecule has 0 unspecified atom stereocenters. The minimum Gasteiger partial charge on any atom is -0.400 e. The summed E-state index contributed by atoms with van der Waals surface area (Å²) in [5, 5.41) is 16.2. The Morgan fingerprint density at radius 3 is 2.65 bits per heavy atom. The van der Waals surface area contributed by atoms with Crippen molar-refractivity contribution in [3.8, 4) is 0 Å². The molecule has 3 aromatic rings. The molecule has 0 spiro atoms. The van der Waals surface area contributed by atoms with Crippen LogP contribution in [0.25, 0.3) is 10.8 Å². The molecule has 0 radical (unpaired) electrons. The van der Waals surface area contributed by atoms with Crippen molar-refractivity contribution in [3.05, 3.63) is 76.0 Å². The standard InChI is InChI=1S/C16H11N3O4/c20-16(13-6-5-11-3-1-2-4-12(11)9-13)18-17-10-14-7-8-15(23-14)19(21)22/h1-10H,(H,18,20)/b17-10-. The van der Waals surface area contributed by atoms with Crippen LogP contribution in [0, 0.1) is 10.1 Å². The number of hydrogen-bond acceptors (Lipinski definition) is 5. The van der Waals surface area contributed by atoms with Gasteiger partial charge in [0, 0.05) is 5.56 Å². The molecule has 0 atom stereocenters. The van der Waals surface area contributed by atoms with Crippen LogP contribution in [0.3, 0.4) is 0 Å². The number of carbonyl (C=O) groups excluding carboxylic acids is 1. The number of carbonyl (C=O) groups is 1. The smallest absolute Gasteiger partial charge is 0.400 e. The lowest BCUT2D eigenvalue weighted by atomic mass is 10.1. The van der Waals surface area contributed by atoms with E-state index >= 15 is 0 Å². The number of hydrogen-bond donors (Lipinski definition) is 1. The monoisotopic (exact) mass is 309 g/mol. The van der Waals surface area contributed by atoms with Gasteiger partial charge in [-0.1, -0.05) is 30.3 Å². The minimum atomic E-state index is -0.648.